The van der Waals surface area contributed by atoms with Crippen LogP contribution in [0.1, 0.15) is 6.42 Å². The number of hydrogen-bond donors (Lipinski definition) is 3. The third-order valence-electron chi connectivity index (χ3n) is 3.54. The van der Waals surface area contributed by atoms with Gasteiger partial charge in [0.05, 0.1) is 13.2 Å². The molecule has 1 amide bonds. The molecule has 9 heteroatoms. The van der Waals surface area contributed by atoms with E-state index in [-0.39, 0.29) is 48.2 Å². The summed E-state index contributed by atoms with van der Waals surface area (Å²) in [6.45, 7) is 1.04. The van der Waals surface area contributed by atoms with E-state index in [1.807, 2.05) is 0 Å². The number of hydrogen-bond acceptors (Lipinski definition) is 4. The van der Waals surface area contributed by atoms with Gasteiger partial charge in [0, 0.05) is 23.9 Å². The van der Waals surface area contributed by atoms with E-state index >= 15 is 0 Å². The maximum Gasteiger partial charge on any atom is 0.246 e. The Labute approximate surface area is 173 Å². The van der Waals surface area contributed by atoms with Crippen LogP contribution in [0.25, 0.3) is 0 Å². The van der Waals surface area contributed by atoms with Crippen LogP contribution in [0, 0.1) is 5.82 Å². The largest absolute Gasteiger partial charge is 0.490 e. The predicted octanol–water partition coefficient (Wildman–Crippen LogP) is 2.97. The molecular weight excluding hydrogens is 466 g/mol. The summed E-state index contributed by atoms with van der Waals surface area (Å²) in [5.41, 5.74) is 6.97. The monoisotopic (exact) mass is 486 g/mol. The fourth-order valence-corrected chi connectivity index (χ4v) is 2.32. The molecule has 0 aliphatic carbocycles. The summed E-state index contributed by atoms with van der Waals surface area (Å²) < 4.78 is 24.0. The van der Waals surface area contributed by atoms with Gasteiger partial charge in [-0.1, -0.05) is 0 Å². The quantitative estimate of drug-likeness (QED) is 0.351. The minimum Gasteiger partial charge on any atom is -0.490 e. The third-order valence-corrected chi connectivity index (χ3v) is 3.54. The van der Waals surface area contributed by atoms with Crippen LogP contribution in [0.2, 0.25) is 0 Å². The van der Waals surface area contributed by atoms with Crippen molar-refractivity contribution in [2.45, 2.75) is 6.42 Å². The molecule has 0 spiro atoms. The van der Waals surface area contributed by atoms with Crippen molar-refractivity contribution in [3.63, 3.8) is 0 Å². The summed E-state index contributed by atoms with van der Waals surface area (Å²) in [6.07, 6.45) is 0.824. The SMILES string of the molecule is I.NC(=NCC(=O)Nc1ccc(F)cc1)Nc1ccc2c(c1)OCCCO2. The van der Waals surface area contributed by atoms with Crippen molar-refractivity contribution in [3.8, 4) is 11.5 Å². The Hall–Kier alpha value is -2.56. The zero-order chi connectivity index (χ0) is 18.4. The number of amides is 1. The average Bonchev–Trinajstić information content (AvgIpc) is 2.87. The smallest absolute Gasteiger partial charge is 0.246 e. The first-order valence-corrected chi connectivity index (χ1v) is 8.12. The zero-order valence-electron chi connectivity index (χ0n) is 14.4. The van der Waals surface area contributed by atoms with Gasteiger partial charge < -0.3 is 25.8 Å². The van der Waals surface area contributed by atoms with Gasteiger partial charge in [0.2, 0.25) is 5.91 Å². The number of fused-ring (bicyclic) bond motifs is 1. The molecule has 7 nitrogen and oxygen atoms in total. The second kappa shape index (κ2) is 9.95. The predicted molar refractivity (Wildman–Crippen MR) is 113 cm³/mol. The van der Waals surface area contributed by atoms with E-state index in [2.05, 4.69) is 15.6 Å². The van der Waals surface area contributed by atoms with E-state index < -0.39 is 0 Å². The van der Waals surface area contributed by atoms with E-state index in [0.717, 1.165) is 6.42 Å². The Morgan fingerprint density at radius 2 is 1.70 bits per heavy atom. The van der Waals surface area contributed by atoms with Gasteiger partial charge >= 0.3 is 0 Å². The van der Waals surface area contributed by atoms with Gasteiger partial charge in [-0.2, -0.15) is 0 Å². The number of carbonyl (C=O) groups excluding carboxylic acids is 1. The van der Waals surface area contributed by atoms with Crippen LogP contribution in [0.5, 0.6) is 11.5 Å². The Morgan fingerprint density at radius 1 is 1.04 bits per heavy atom. The number of nitrogens with two attached hydrogens (primary N) is 1. The lowest BCUT2D eigenvalue weighted by Crippen LogP contribution is -2.25. The van der Waals surface area contributed by atoms with Crippen molar-refractivity contribution in [2.75, 3.05) is 30.4 Å². The molecule has 2 aromatic carbocycles. The molecule has 144 valence electrons. The number of carbonyl (C=O) groups is 1. The normalized spacial score (nSPS) is 13.1. The molecule has 0 radical (unpaired) electrons. The first-order valence-electron chi connectivity index (χ1n) is 8.12. The molecule has 27 heavy (non-hydrogen) atoms. The topological polar surface area (TPSA) is 98.0 Å². The number of benzene rings is 2. The highest BCUT2D eigenvalue weighted by Gasteiger charge is 2.11. The van der Waals surface area contributed by atoms with Gasteiger partial charge in [-0.15, -0.1) is 24.0 Å². The molecule has 0 aromatic heterocycles. The fourth-order valence-electron chi connectivity index (χ4n) is 2.32. The summed E-state index contributed by atoms with van der Waals surface area (Å²) in [6, 6.07) is 10.8. The molecule has 1 aliphatic rings. The molecule has 0 atom stereocenters. The average molecular weight is 486 g/mol. The molecule has 0 saturated heterocycles. The third kappa shape index (κ3) is 6.27. The fraction of sp³-hybridized carbons (Fsp3) is 0.222. The van der Waals surface area contributed by atoms with Crippen LogP contribution < -0.4 is 25.8 Å². The van der Waals surface area contributed by atoms with Gasteiger partial charge in [-0.3, -0.25) is 4.79 Å². The molecule has 2 aromatic rings. The summed E-state index contributed by atoms with van der Waals surface area (Å²) in [5.74, 6) is 0.676. The van der Waals surface area contributed by atoms with E-state index in [0.29, 0.717) is 36.1 Å². The summed E-state index contributed by atoms with van der Waals surface area (Å²) in [4.78, 5) is 15.8. The summed E-state index contributed by atoms with van der Waals surface area (Å²) >= 11 is 0. The maximum atomic E-state index is 12.8. The van der Waals surface area contributed by atoms with Gasteiger partial charge in [0.15, 0.2) is 17.5 Å². The van der Waals surface area contributed by atoms with Gasteiger partial charge in [-0.25, -0.2) is 9.38 Å². The van der Waals surface area contributed by atoms with Crippen molar-refractivity contribution >= 4 is 47.2 Å². The van der Waals surface area contributed by atoms with Crippen molar-refractivity contribution in [3.05, 3.63) is 48.3 Å². The Morgan fingerprint density at radius 3 is 2.44 bits per heavy atom. The molecule has 1 aliphatic heterocycles. The highest BCUT2D eigenvalue weighted by Crippen LogP contribution is 2.32. The second-order valence-corrected chi connectivity index (χ2v) is 5.59. The van der Waals surface area contributed by atoms with Gasteiger partial charge in [0.25, 0.3) is 0 Å². The number of halogens is 2. The number of guanidine groups is 1. The minimum atomic E-state index is -0.371. The van der Waals surface area contributed by atoms with Crippen molar-refractivity contribution in [1.29, 1.82) is 0 Å². The lowest BCUT2D eigenvalue weighted by molar-refractivity contribution is -0.114. The van der Waals surface area contributed by atoms with Crippen molar-refractivity contribution < 1.29 is 18.7 Å². The van der Waals surface area contributed by atoms with Gasteiger partial charge in [0.1, 0.15) is 12.4 Å². The van der Waals surface area contributed by atoms with Gasteiger partial charge in [-0.05, 0) is 36.4 Å². The number of aliphatic imine (C=N–C) groups is 1. The minimum absolute atomic E-state index is 0. The molecule has 1 heterocycles. The molecule has 0 bridgehead atoms. The Kier molecular flexibility index (Phi) is 7.65. The molecule has 0 unspecified atom stereocenters. The Balaban J connectivity index is 0.00000261. The van der Waals surface area contributed by atoms with Crippen LogP contribution in [-0.2, 0) is 4.79 Å². The van der Waals surface area contributed by atoms with Crippen LogP contribution in [0.3, 0.4) is 0 Å². The van der Waals surface area contributed by atoms with E-state index in [1.165, 1.54) is 24.3 Å². The van der Waals surface area contributed by atoms with E-state index in [1.54, 1.807) is 18.2 Å². The number of nitrogens with zero attached hydrogens (tertiary/aromatic N) is 1. The maximum absolute atomic E-state index is 12.8. The summed E-state index contributed by atoms with van der Waals surface area (Å²) in [5, 5.41) is 5.51. The molecule has 4 N–H and O–H groups in total. The number of nitrogens with one attached hydrogen (secondary N) is 2. The molecule has 0 fully saturated rings. The van der Waals surface area contributed by atoms with E-state index in [9.17, 15) is 9.18 Å². The summed E-state index contributed by atoms with van der Waals surface area (Å²) in [7, 11) is 0. The van der Waals surface area contributed by atoms with Crippen molar-refractivity contribution in [1.82, 2.24) is 0 Å². The molecule has 0 saturated carbocycles. The first-order chi connectivity index (χ1) is 12.6. The Bertz CT molecular complexity index is 815. The van der Waals surface area contributed by atoms with Crippen LogP contribution in [0.4, 0.5) is 15.8 Å². The lowest BCUT2D eigenvalue weighted by atomic mass is 10.3. The zero-order valence-corrected chi connectivity index (χ0v) is 16.7. The van der Waals surface area contributed by atoms with Crippen LogP contribution in [-0.4, -0.2) is 31.6 Å². The molecule has 3 rings (SSSR count). The second-order valence-electron chi connectivity index (χ2n) is 5.59. The standard InChI is InChI=1S/C18H19FN4O3.HI/c19-12-2-4-13(5-3-12)22-17(24)11-21-18(20)23-14-6-7-15-16(10-14)26-9-1-8-25-15;/h2-7,10H,1,8-9,11H2,(H,22,24)(H3,20,21,23);1H. The number of ether oxygens (including phenoxy) is 2. The first kappa shape index (κ1) is 20.7. The van der Waals surface area contributed by atoms with Crippen LogP contribution in [0.15, 0.2) is 47.5 Å². The van der Waals surface area contributed by atoms with E-state index in [4.69, 9.17) is 15.2 Å². The number of rotatable bonds is 4. The number of anilines is 2. The van der Waals surface area contributed by atoms with Crippen molar-refractivity contribution in [2.24, 2.45) is 10.7 Å². The molecular formula is C18H20FIN4O3. The highest BCUT2D eigenvalue weighted by atomic mass is 127. The van der Waals surface area contributed by atoms with Crippen LogP contribution >= 0.6 is 24.0 Å². The lowest BCUT2D eigenvalue weighted by Gasteiger charge is -2.10. The highest BCUT2D eigenvalue weighted by molar-refractivity contribution is 14.0.